The second-order valence-electron chi connectivity index (χ2n) is 5.44. The summed E-state index contributed by atoms with van der Waals surface area (Å²) < 4.78 is 7.37. The number of aromatic hydroxyl groups is 1. The number of hydrogen-bond donors (Lipinski definition) is 2. The van der Waals surface area contributed by atoms with Crippen molar-refractivity contribution in [3.05, 3.63) is 28.2 Å². The Morgan fingerprint density at radius 2 is 2.14 bits per heavy atom. The van der Waals surface area contributed by atoms with E-state index in [1.807, 2.05) is 30.4 Å². The first-order valence-corrected chi connectivity index (χ1v) is 7.27. The molecule has 0 saturated carbocycles. The minimum Gasteiger partial charge on any atom is -0.503 e. The third-order valence-corrected chi connectivity index (χ3v) is 3.11. The molecule has 1 aromatic heterocycles. The monoisotopic (exact) mass is 298 g/mol. The van der Waals surface area contributed by atoms with Gasteiger partial charge in [0.05, 0.1) is 18.9 Å². The smallest absolute Gasteiger partial charge is 0.223 e. The Kier molecular flexibility index (Phi) is 7.42. The molecule has 0 aliphatic heterocycles. The number of pyridine rings is 1. The van der Waals surface area contributed by atoms with Crippen LogP contribution in [0.4, 0.5) is 0 Å². The van der Waals surface area contributed by atoms with Gasteiger partial charge in [0.1, 0.15) is 0 Å². The fraction of sp³-hybridized carbons (Fsp3) is 0.667. The average molecular weight is 298 g/mol. The van der Waals surface area contributed by atoms with Gasteiger partial charge in [-0.15, -0.1) is 0 Å². The molecular formula is C15H26N2O4. The first-order chi connectivity index (χ1) is 9.93. The summed E-state index contributed by atoms with van der Waals surface area (Å²) >= 11 is 0. The highest BCUT2D eigenvalue weighted by Crippen LogP contribution is 2.09. The Morgan fingerprint density at radius 1 is 1.43 bits per heavy atom. The van der Waals surface area contributed by atoms with Gasteiger partial charge in [-0.3, -0.25) is 9.69 Å². The minimum atomic E-state index is -0.378. The summed E-state index contributed by atoms with van der Waals surface area (Å²) in [5.74, 6) is -0.242. The summed E-state index contributed by atoms with van der Waals surface area (Å²) in [7, 11) is 1.87. The van der Waals surface area contributed by atoms with Crippen molar-refractivity contribution in [3.8, 4) is 5.75 Å². The number of ether oxygens (including phenoxy) is 1. The lowest BCUT2D eigenvalue weighted by Gasteiger charge is -2.20. The largest absolute Gasteiger partial charge is 0.503 e. The van der Waals surface area contributed by atoms with Crippen LogP contribution in [0.15, 0.2) is 17.1 Å². The lowest BCUT2D eigenvalue weighted by Crippen LogP contribution is -2.25. The standard InChI is InChI=1S/C15H26N2O4/c1-12(2)21-8-4-5-17-11-15(20)14(19)9-13(17)10-16(3)6-7-18/h9,11-12,18,20H,4-8,10H2,1-3H3. The predicted octanol–water partition coefficient (Wildman–Crippen LogP) is 0.793. The zero-order valence-electron chi connectivity index (χ0n) is 13.1. The molecule has 21 heavy (non-hydrogen) atoms. The predicted molar refractivity (Wildman–Crippen MR) is 81.5 cm³/mol. The maximum Gasteiger partial charge on any atom is 0.223 e. The van der Waals surface area contributed by atoms with Gasteiger partial charge in [-0.25, -0.2) is 0 Å². The molecule has 0 saturated heterocycles. The summed E-state index contributed by atoms with van der Waals surface area (Å²) in [5, 5.41) is 18.5. The third kappa shape index (κ3) is 6.29. The number of aryl methyl sites for hydroxylation is 1. The fourth-order valence-corrected chi connectivity index (χ4v) is 2.03. The van der Waals surface area contributed by atoms with Gasteiger partial charge in [-0.05, 0) is 27.3 Å². The molecule has 0 spiro atoms. The van der Waals surface area contributed by atoms with E-state index in [1.54, 1.807) is 0 Å². The van der Waals surface area contributed by atoms with Crippen LogP contribution in [0.25, 0.3) is 0 Å². The highest BCUT2D eigenvalue weighted by molar-refractivity contribution is 5.20. The average Bonchev–Trinajstić information content (AvgIpc) is 2.40. The van der Waals surface area contributed by atoms with Crippen LogP contribution in [-0.4, -0.2) is 52.6 Å². The first-order valence-electron chi connectivity index (χ1n) is 7.27. The van der Waals surface area contributed by atoms with Gasteiger partial charge in [-0.1, -0.05) is 0 Å². The first kappa shape index (κ1) is 17.7. The van der Waals surface area contributed by atoms with Crippen LogP contribution in [0.2, 0.25) is 0 Å². The van der Waals surface area contributed by atoms with Crippen molar-refractivity contribution in [2.75, 3.05) is 26.8 Å². The van der Waals surface area contributed by atoms with Crippen LogP contribution in [0.3, 0.4) is 0 Å². The molecule has 0 aromatic carbocycles. The van der Waals surface area contributed by atoms with E-state index >= 15 is 0 Å². The molecule has 6 nitrogen and oxygen atoms in total. The summed E-state index contributed by atoms with van der Waals surface area (Å²) in [6.07, 6.45) is 2.47. The molecule has 0 radical (unpaired) electrons. The highest BCUT2D eigenvalue weighted by atomic mass is 16.5. The zero-order chi connectivity index (χ0) is 15.8. The van der Waals surface area contributed by atoms with Gasteiger partial charge < -0.3 is 19.5 Å². The van der Waals surface area contributed by atoms with Crippen molar-refractivity contribution in [2.24, 2.45) is 0 Å². The van der Waals surface area contributed by atoms with Crippen molar-refractivity contribution in [2.45, 2.75) is 39.5 Å². The molecule has 120 valence electrons. The number of rotatable bonds is 9. The molecule has 1 rings (SSSR count). The molecule has 0 unspecified atom stereocenters. The van der Waals surface area contributed by atoms with Crippen molar-refractivity contribution in [1.29, 1.82) is 0 Å². The molecule has 2 N–H and O–H groups in total. The lowest BCUT2D eigenvalue weighted by atomic mass is 10.2. The van der Waals surface area contributed by atoms with Crippen LogP contribution in [0.5, 0.6) is 5.75 Å². The molecule has 1 heterocycles. The van der Waals surface area contributed by atoms with Crippen LogP contribution in [-0.2, 0) is 17.8 Å². The van der Waals surface area contributed by atoms with E-state index in [0.717, 1.165) is 12.1 Å². The Bertz CT molecular complexity index is 485. The number of aliphatic hydroxyl groups excluding tert-OH is 1. The van der Waals surface area contributed by atoms with E-state index < -0.39 is 0 Å². The summed E-state index contributed by atoms with van der Waals surface area (Å²) in [5.41, 5.74) is 0.440. The van der Waals surface area contributed by atoms with Crippen LogP contribution in [0.1, 0.15) is 26.0 Å². The second kappa shape index (κ2) is 8.81. The number of aromatic nitrogens is 1. The highest BCUT2D eigenvalue weighted by Gasteiger charge is 2.08. The lowest BCUT2D eigenvalue weighted by molar-refractivity contribution is 0.0746. The summed E-state index contributed by atoms with van der Waals surface area (Å²) in [4.78, 5) is 13.5. The molecular weight excluding hydrogens is 272 g/mol. The van der Waals surface area contributed by atoms with Crippen LogP contribution in [0, 0.1) is 0 Å². The van der Waals surface area contributed by atoms with E-state index in [1.165, 1.54) is 12.3 Å². The number of hydrogen-bond acceptors (Lipinski definition) is 5. The van der Waals surface area contributed by atoms with Crippen molar-refractivity contribution >= 4 is 0 Å². The molecule has 0 aliphatic rings. The molecule has 0 atom stereocenters. The number of aliphatic hydroxyl groups is 1. The van der Waals surface area contributed by atoms with E-state index in [2.05, 4.69) is 0 Å². The Morgan fingerprint density at radius 3 is 2.76 bits per heavy atom. The number of likely N-dealkylation sites (N-methyl/N-ethyl adjacent to an activating group) is 1. The summed E-state index contributed by atoms with van der Waals surface area (Å²) in [6, 6.07) is 1.45. The van der Waals surface area contributed by atoms with Crippen molar-refractivity contribution in [3.63, 3.8) is 0 Å². The zero-order valence-corrected chi connectivity index (χ0v) is 13.1. The van der Waals surface area contributed by atoms with Gasteiger partial charge in [-0.2, -0.15) is 0 Å². The Balaban J connectivity index is 2.75. The molecule has 6 heteroatoms. The molecule has 0 fully saturated rings. The van der Waals surface area contributed by atoms with Crippen LogP contribution < -0.4 is 5.43 Å². The maximum atomic E-state index is 11.6. The van der Waals surface area contributed by atoms with Gasteiger partial charge in [0, 0.05) is 38.0 Å². The second-order valence-corrected chi connectivity index (χ2v) is 5.44. The minimum absolute atomic E-state index is 0.0705. The Labute approximate surface area is 125 Å². The Hall–Kier alpha value is -1.37. The number of nitrogens with zero attached hydrogens (tertiary/aromatic N) is 2. The molecule has 0 aliphatic carbocycles. The normalized spacial score (nSPS) is 11.5. The summed E-state index contributed by atoms with van der Waals surface area (Å²) in [6.45, 7) is 6.42. The van der Waals surface area contributed by atoms with Crippen molar-refractivity contribution < 1.29 is 14.9 Å². The quantitative estimate of drug-likeness (QED) is 0.659. The van der Waals surface area contributed by atoms with Crippen LogP contribution >= 0.6 is 0 Å². The van der Waals surface area contributed by atoms with Gasteiger partial charge in [0.15, 0.2) is 5.75 Å². The molecule has 1 aromatic rings. The SMILES string of the molecule is CC(C)OCCCn1cc(O)c(=O)cc1CN(C)CCO. The van der Waals surface area contributed by atoms with E-state index in [-0.39, 0.29) is 23.9 Å². The van der Waals surface area contributed by atoms with E-state index in [0.29, 0.717) is 26.2 Å². The molecule has 0 bridgehead atoms. The fourth-order valence-electron chi connectivity index (χ4n) is 2.03. The van der Waals surface area contributed by atoms with Gasteiger partial charge in [0.2, 0.25) is 5.43 Å². The van der Waals surface area contributed by atoms with E-state index in [4.69, 9.17) is 9.84 Å². The van der Waals surface area contributed by atoms with E-state index in [9.17, 15) is 9.90 Å². The third-order valence-electron chi connectivity index (χ3n) is 3.11. The topological polar surface area (TPSA) is 74.9 Å². The van der Waals surface area contributed by atoms with Gasteiger partial charge >= 0.3 is 0 Å². The van der Waals surface area contributed by atoms with Crippen molar-refractivity contribution in [1.82, 2.24) is 9.47 Å². The molecule has 0 amide bonds. The van der Waals surface area contributed by atoms with Gasteiger partial charge in [0.25, 0.3) is 0 Å². The maximum absolute atomic E-state index is 11.6.